The number of rotatable bonds is 23. The molecule has 0 saturated heterocycles. The molecule has 9 rings (SSSR count). The third-order valence-corrected chi connectivity index (χ3v) is 13.8. The molecule has 0 heterocycles. The van der Waals surface area contributed by atoms with E-state index >= 15 is 0 Å². The van der Waals surface area contributed by atoms with Crippen molar-refractivity contribution < 1.29 is 136 Å². The van der Waals surface area contributed by atoms with E-state index in [1.165, 1.54) is 35.4 Å². The number of hydrogen-bond acceptors (Lipinski definition) is 26. The molecule has 1 aliphatic carbocycles. The van der Waals surface area contributed by atoms with Crippen LogP contribution in [0.25, 0.3) is 0 Å². The van der Waals surface area contributed by atoms with Crippen LogP contribution in [0.4, 0.5) is 0 Å². The molecule has 0 spiro atoms. The highest BCUT2D eigenvalue weighted by molar-refractivity contribution is 6.00. The number of aromatic hydroxyl groups is 7. The Bertz CT molecular complexity index is 3130. The number of allylic oxidation sites excluding steroid dienone is 2. The molecule has 570 valence electrons. The number of carbonyl (C=O) groups excluding carboxylic acids is 2. The Hall–Kier alpha value is -9.66. The number of phenolic OH excluding ortho intramolecular Hbond substituents is 7. The number of benzene rings is 8. The average molecular weight is 1450 g/mol. The lowest BCUT2D eigenvalue weighted by atomic mass is 9.92. The fourth-order valence-corrected chi connectivity index (χ4v) is 7.01. The van der Waals surface area contributed by atoms with Crippen molar-refractivity contribution in [2.24, 2.45) is 22.2 Å². The third-order valence-electron chi connectivity index (χ3n) is 13.8. The molecule has 8 aromatic carbocycles. The monoisotopic (exact) mass is 1450 g/mol. The van der Waals surface area contributed by atoms with Crippen molar-refractivity contribution in [3.63, 3.8) is 0 Å². The van der Waals surface area contributed by atoms with Crippen molar-refractivity contribution in [1.82, 2.24) is 0 Å². The van der Waals surface area contributed by atoms with Gasteiger partial charge in [-0.25, -0.2) is 0 Å². The van der Waals surface area contributed by atoms with Crippen LogP contribution in [0.5, 0.6) is 46.0 Å². The van der Waals surface area contributed by atoms with Crippen LogP contribution in [-0.2, 0) is 50.2 Å². The van der Waals surface area contributed by atoms with Gasteiger partial charge in [-0.05, 0) is 133 Å². The largest absolute Gasteiger partial charge is 1.00 e. The first-order valence-corrected chi connectivity index (χ1v) is 31.2. The molecule has 0 fully saturated rings. The normalized spacial score (nSPS) is 10.9. The molecule has 0 amide bonds. The molecule has 26 heteroatoms. The smallest absolute Gasteiger partial charge is 0.872 e. The second-order valence-corrected chi connectivity index (χ2v) is 22.5. The molecule has 0 saturated carbocycles. The first-order valence-electron chi connectivity index (χ1n) is 31.2. The van der Waals surface area contributed by atoms with Gasteiger partial charge in [0.2, 0.25) is 0 Å². The van der Waals surface area contributed by atoms with Gasteiger partial charge in [-0.2, -0.15) is 0 Å². The molecule has 8 aromatic rings. The Morgan fingerprint density at radius 1 is 0.359 bits per heavy atom. The van der Waals surface area contributed by atoms with Crippen molar-refractivity contribution in [2.75, 3.05) is 85.9 Å². The van der Waals surface area contributed by atoms with Crippen molar-refractivity contribution in [1.29, 1.82) is 0 Å². The molecular weight excluding hydrogens is 1340 g/mol. The van der Waals surface area contributed by atoms with Gasteiger partial charge in [0, 0.05) is 7.34 Å². The summed E-state index contributed by atoms with van der Waals surface area (Å²) in [6, 6.07) is 57.5. The molecule has 26 nitrogen and oxygen atoms in total. The summed E-state index contributed by atoms with van der Waals surface area (Å²) in [6.07, 6.45) is 6.34. The molecule has 0 bridgehead atoms. The maximum Gasteiger partial charge on any atom is 1.00 e. The zero-order valence-electron chi connectivity index (χ0n) is 59.6. The van der Waals surface area contributed by atoms with Gasteiger partial charge in [0.25, 0.3) is 0 Å². The Morgan fingerprint density at radius 3 is 0.806 bits per heavy atom. The van der Waals surface area contributed by atoms with E-state index in [1.807, 2.05) is 57.0 Å². The van der Waals surface area contributed by atoms with Gasteiger partial charge in [-0.3, -0.25) is 4.79 Å². The Balaban J connectivity index is -0.000000274. The van der Waals surface area contributed by atoms with Gasteiger partial charge < -0.3 is 127 Å². The molecule has 1 aliphatic rings. The molecule has 0 atom stereocenters. The predicted molar refractivity (Wildman–Crippen MR) is 387 cm³/mol. The summed E-state index contributed by atoms with van der Waals surface area (Å²) in [6.45, 7) is 4.15. The minimum Gasteiger partial charge on any atom is -0.872 e. The lowest BCUT2D eigenvalue weighted by Crippen LogP contribution is -2.39. The second kappa shape index (κ2) is 58.9. The third kappa shape index (κ3) is 45.8. The zero-order chi connectivity index (χ0) is 75.7. The molecule has 0 radical (unpaired) electrons. The summed E-state index contributed by atoms with van der Waals surface area (Å²) in [5.41, 5.74) is 2.77. The van der Waals surface area contributed by atoms with Crippen LogP contribution in [0.3, 0.4) is 0 Å². The Labute approximate surface area is 604 Å². The number of ketones is 1. The quantitative estimate of drug-likeness (QED) is 0.0335. The number of carbonyl (C=O) groups is 2. The van der Waals surface area contributed by atoms with E-state index in [0.717, 1.165) is 22.3 Å². The van der Waals surface area contributed by atoms with Gasteiger partial charge in [-0.1, -0.05) is 145 Å². The van der Waals surface area contributed by atoms with Crippen molar-refractivity contribution in [2.45, 2.75) is 40.3 Å². The van der Waals surface area contributed by atoms with Gasteiger partial charge in [0.05, 0.1) is 129 Å². The van der Waals surface area contributed by atoms with E-state index in [9.17, 15) is 30.3 Å². The summed E-state index contributed by atoms with van der Waals surface area (Å²) < 4.78 is 16.6. The molecule has 0 unspecified atom stereocenters. The van der Waals surface area contributed by atoms with Gasteiger partial charge in [-0.15, -0.1) is 5.75 Å². The summed E-state index contributed by atoms with van der Waals surface area (Å²) >= 11 is 0. The van der Waals surface area contributed by atoms with E-state index in [2.05, 4.69) is 0 Å². The highest BCUT2D eigenvalue weighted by Gasteiger charge is 2.31. The lowest BCUT2D eigenvalue weighted by molar-refractivity contribution is -0.268. The van der Waals surface area contributed by atoms with Gasteiger partial charge in [0.1, 0.15) is 47.0 Å². The molecular formula is C77H105O26-. The number of ether oxygens (including phenoxy) is 3. The lowest BCUT2D eigenvalue weighted by Gasteiger charge is -2.29. The highest BCUT2D eigenvalue weighted by atomic mass is 16.5. The number of phenols is 7. The summed E-state index contributed by atoms with van der Waals surface area (Å²) in [4.78, 5) is 18.5. The number of aliphatic hydroxyl groups is 11. The highest BCUT2D eigenvalue weighted by Crippen LogP contribution is 2.22. The number of para-hydroxylation sites is 2. The SMILES string of the molecule is C=O.Cc1ccc(O)cc1.Cc1ccc(O)cc1.O=C1C=CC(CO)C=C1.OCC(CO)(CO)CO.OCC(CO)(CO)COCc1ccc(O)cc1.OCC(CO)(COCc1ccc(O)cc1)COCc1ccc(O)cc1.OCc1ccc(O)cc1.Oc1ccccc1.[H+].[H+].[HH].[O-]c1ccccc1.[OH-].[OH-]. The zero-order valence-corrected chi connectivity index (χ0v) is 57.6. The fraction of sp³-hybridized carbons (Fsp3) is 0.299. The Morgan fingerprint density at radius 2 is 0.602 bits per heavy atom. The maximum atomic E-state index is 10.5. The van der Waals surface area contributed by atoms with Crippen LogP contribution >= 0.6 is 0 Å². The van der Waals surface area contributed by atoms with Crippen molar-refractivity contribution >= 4 is 12.6 Å². The number of aliphatic hydroxyl groups excluding tert-OH is 11. The fourth-order valence-electron chi connectivity index (χ4n) is 7.01. The van der Waals surface area contributed by atoms with E-state index in [-0.39, 0.29) is 122 Å². The average Bonchev–Trinajstić information content (AvgIpc) is 0.879. The first kappa shape index (κ1) is 97.5. The van der Waals surface area contributed by atoms with E-state index < -0.39 is 42.7 Å². The maximum absolute atomic E-state index is 10.5. The van der Waals surface area contributed by atoms with E-state index in [0.29, 0.717) is 37.1 Å². The van der Waals surface area contributed by atoms with Crippen LogP contribution in [0.2, 0.25) is 0 Å². The van der Waals surface area contributed by atoms with E-state index in [4.69, 9.17) is 90.5 Å². The second-order valence-electron chi connectivity index (χ2n) is 22.5. The summed E-state index contributed by atoms with van der Waals surface area (Å²) in [7, 11) is 0. The van der Waals surface area contributed by atoms with Crippen LogP contribution < -0.4 is 5.11 Å². The van der Waals surface area contributed by atoms with Crippen molar-refractivity contribution in [3.8, 4) is 46.0 Å². The molecule has 0 aromatic heterocycles. The molecule has 103 heavy (non-hydrogen) atoms. The van der Waals surface area contributed by atoms with Gasteiger partial charge >= 0.3 is 2.85 Å². The van der Waals surface area contributed by atoms with Crippen LogP contribution in [0.1, 0.15) is 37.7 Å². The van der Waals surface area contributed by atoms with Crippen LogP contribution in [0, 0.1) is 36.0 Å². The molecule has 0 aliphatic heterocycles. The number of hydrogen-bond donors (Lipinski definition) is 18. The van der Waals surface area contributed by atoms with Crippen LogP contribution in [-0.4, -0.2) is 201 Å². The minimum absolute atomic E-state index is 0. The minimum atomic E-state index is -1.11. The first-order chi connectivity index (χ1) is 48.5. The van der Waals surface area contributed by atoms with Crippen LogP contribution in [0.15, 0.2) is 231 Å². The topological polar surface area (TPSA) is 509 Å². The van der Waals surface area contributed by atoms with Crippen molar-refractivity contribution in [3.05, 3.63) is 264 Å². The van der Waals surface area contributed by atoms with Gasteiger partial charge in [0.15, 0.2) is 5.78 Å². The summed E-state index contributed by atoms with van der Waals surface area (Å²) in [5.74, 6) is 1.88. The Kier molecular flexibility index (Phi) is 55.8. The standard InChI is InChI=1S/C19H24O6.C12H18O5.2C7H8O2.2C7H8O.2C6H6O.C5H12O4.CH2O.2H2O.H2/c20-11-19(12-21,13-24-9-15-1-5-17(22)6-2-15)14-25-10-16-3-7-18(23)8-4-16;13-6-12(7-14,8-15)9-17-5-10-1-3-11(16)4-2-10;2*8-5-6-1-3-7(9)4-2-6;2*1-6-2-4-7(8)5-3-6;2*7-6-4-2-1-3-5-6;6-1-5(2-7,3-8)4-9;1-2;;;/h1-8,20-23H,9-14H2;1-4,13-16H,5-9H2;1-4,8-9H,5H2;1-4,6,8H,5H2;2*2-5,8H,1H3;2*1-5,7H;6-9H,1-4H2;1H2;2*1H2;1H/p-1. The summed E-state index contributed by atoms with van der Waals surface area (Å²) in [5, 5.41) is 170. The molecule has 20 N–H and O–H groups in total. The van der Waals surface area contributed by atoms with E-state index in [1.54, 1.807) is 170 Å². The number of aryl methyl sites for hydroxylation is 2. The predicted octanol–water partition coefficient (Wildman–Crippen LogP) is 6.28.